The van der Waals surface area contributed by atoms with Crippen molar-refractivity contribution in [3.63, 3.8) is 0 Å². The van der Waals surface area contributed by atoms with Gasteiger partial charge in [-0.05, 0) is 44.6 Å². The largest absolute Gasteiger partial charge is 0.328 e. The van der Waals surface area contributed by atoms with Crippen LogP contribution in [0.15, 0.2) is 24.3 Å². The number of nitrogens with two attached hydrogens (primary N) is 1. The summed E-state index contributed by atoms with van der Waals surface area (Å²) in [7, 11) is 0. The SMILES string of the molecule is CCn1c(CC(NN)C2(C)CCCS2)nc2ccccc21. The number of rotatable bonds is 5. The van der Waals surface area contributed by atoms with Gasteiger partial charge >= 0.3 is 0 Å². The molecule has 0 amide bonds. The maximum Gasteiger partial charge on any atom is 0.111 e. The molecule has 2 aromatic rings. The third-order valence-corrected chi connectivity index (χ3v) is 6.27. The summed E-state index contributed by atoms with van der Waals surface area (Å²) in [6.07, 6.45) is 3.38. The number of aryl methyl sites for hydroxylation is 1. The number of hydrogen-bond acceptors (Lipinski definition) is 4. The van der Waals surface area contributed by atoms with Gasteiger partial charge in [-0.25, -0.2) is 4.98 Å². The van der Waals surface area contributed by atoms with Crippen molar-refractivity contribution in [2.24, 2.45) is 5.84 Å². The van der Waals surface area contributed by atoms with Crippen molar-refractivity contribution in [1.29, 1.82) is 0 Å². The van der Waals surface area contributed by atoms with E-state index >= 15 is 0 Å². The second-order valence-corrected chi connectivity index (χ2v) is 7.58. The van der Waals surface area contributed by atoms with E-state index < -0.39 is 0 Å². The topological polar surface area (TPSA) is 55.9 Å². The summed E-state index contributed by atoms with van der Waals surface area (Å²) in [6, 6.07) is 8.61. The van der Waals surface area contributed by atoms with E-state index in [9.17, 15) is 0 Å². The Balaban J connectivity index is 1.92. The average Bonchev–Trinajstić information content (AvgIpc) is 3.08. The highest BCUT2D eigenvalue weighted by molar-refractivity contribution is 8.00. The fourth-order valence-electron chi connectivity index (χ4n) is 3.34. The van der Waals surface area contributed by atoms with Crippen molar-refractivity contribution in [3.8, 4) is 0 Å². The van der Waals surface area contributed by atoms with Gasteiger partial charge in [0, 0.05) is 23.8 Å². The minimum absolute atomic E-state index is 0.214. The molecule has 1 aliphatic heterocycles. The molecule has 1 saturated heterocycles. The molecule has 4 nitrogen and oxygen atoms in total. The van der Waals surface area contributed by atoms with Gasteiger partial charge in [-0.2, -0.15) is 11.8 Å². The fourth-order valence-corrected chi connectivity index (χ4v) is 4.74. The first-order chi connectivity index (χ1) is 10.2. The van der Waals surface area contributed by atoms with E-state index in [1.54, 1.807) is 0 Å². The number of para-hydroxylation sites is 2. The Morgan fingerprint density at radius 1 is 1.48 bits per heavy atom. The Bertz CT molecular complexity index is 616. The highest BCUT2D eigenvalue weighted by Crippen LogP contribution is 2.41. The molecule has 114 valence electrons. The maximum absolute atomic E-state index is 5.87. The van der Waals surface area contributed by atoms with Crippen molar-refractivity contribution in [3.05, 3.63) is 30.1 Å². The molecule has 0 spiro atoms. The number of fused-ring (bicyclic) bond motifs is 1. The number of hydrogen-bond donors (Lipinski definition) is 2. The zero-order chi connectivity index (χ0) is 14.9. The van der Waals surface area contributed by atoms with Crippen LogP contribution in [0.5, 0.6) is 0 Å². The summed E-state index contributed by atoms with van der Waals surface area (Å²) in [6.45, 7) is 5.44. The van der Waals surface area contributed by atoms with E-state index in [1.807, 2.05) is 17.8 Å². The smallest absolute Gasteiger partial charge is 0.111 e. The molecule has 3 N–H and O–H groups in total. The van der Waals surface area contributed by atoms with Crippen LogP contribution in [0.25, 0.3) is 11.0 Å². The highest BCUT2D eigenvalue weighted by atomic mass is 32.2. The van der Waals surface area contributed by atoms with E-state index in [1.165, 1.54) is 24.1 Å². The summed E-state index contributed by atoms with van der Waals surface area (Å²) >= 11 is 2.04. The van der Waals surface area contributed by atoms with E-state index in [0.717, 1.165) is 24.3 Å². The third-order valence-electron chi connectivity index (χ3n) is 4.62. The fraction of sp³-hybridized carbons (Fsp3) is 0.562. The first-order valence-corrected chi connectivity index (χ1v) is 8.70. The van der Waals surface area contributed by atoms with Crippen LogP contribution in [-0.2, 0) is 13.0 Å². The average molecular weight is 304 g/mol. The molecule has 1 aliphatic rings. The number of nitrogens with one attached hydrogen (secondary N) is 1. The third kappa shape index (κ3) is 2.70. The predicted octanol–water partition coefficient (Wildman–Crippen LogP) is 2.72. The first kappa shape index (κ1) is 14.9. The van der Waals surface area contributed by atoms with E-state index in [2.05, 4.69) is 42.0 Å². The minimum Gasteiger partial charge on any atom is -0.328 e. The van der Waals surface area contributed by atoms with Crippen LogP contribution in [0.3, 0.4) is 0 Å². The Labute approximate surface area is 130 Å². The lowest BCUT2D eigenvalue weighted by Crippen LogP contribution is -2.50. The molecule has 0 bridgehead atoms. The standard InChI is InChI=1S/C16H24N4S/c1-3-20-13-8-5-4-7-12(13)18-15(20)11-14(19-17)16(2)9-6-10-21-16/h4-5,7-8,14,19H,3,6,9-11,17H2,1-2H3. The Morgan fingerprint density at radius 2 is 2.29 bits per heavy atom. The predicted molar refractivity (Wildman–Crippen MR) is 90.3 cm³/mol. The van der Waals surface area contributed by atoms with Gasteiger partial charge in [0.2, 0.25) is 0 Å². The Kier molecular flexibility index (Phi) is 4.24. The van der Waals surface area contributed by atoms with Gasteiger partial charge in [-0.15, -0.1) is 0 Å². The quantitative estimate of drug-likeness (QED) is 0.659. The normalized spacial score (nSPS) is 23.8. The second-order valence-electron chi connectivity index (χ2n) is 5.95. The highest BCUT2D eigenvalue weighted by Gasteiger charge is 2.38. The molecule has 1 aromatic carbocycles. The van der Waals surface area contributed by atoms with Gasteiger partial charge in [0.05, 0.1) is 11.0 Å². The molecule has 1 aromatic heterocycles. The van der Waals surface area contributed by atoms with Crippen molar-refractivity contribution in [2.75, 3.05) is 5.75 Å². The number of hydrazine groups is 1. The van der Waals surface area contributed by atoms with Crippen LogP contribution in [0.1, 0.15) is 32.5 Å². The number of benzene rings is 1. The van der Waals surface area contributed by atoms with Crippen LogP contribution >= 0.6 is 11.8 Å². The number of nitrogens with zero attached hydrogens (tertiary/aromatic N) is 2. The van der Waals surface area contributed by atoms with Gasteiger partial charge in [-0.3, -0.25) is 11.3 Å². The van der Waals surface area contributed by atoms with Crippen LogP contribution in [-0.4, -0.2) is 26.1 Å². The lowest BCUT2D eigenvalue weighted by Gasteiger charge is -2.32. The molecule has 3 rings (SSSR count). The van der Waals surface area contributed by atoms with Crippen molar-refractivity contribution >= 4 is 22.8 Å². The van der Waals surface area contributed by atoms with Gasteiger partial charge in [-0.1, -0.05) is 12.1 Å². The molecule has 2 unspecified atom stereocenters. The molecule has 1 fully saturated rings. The van der Waals surface area contributed by atoms with Crippen LogP contribution < -0.4 is 11.3 Å². The number of aromatic nitrogens is 2. The molecule has 0 aliphatic carbocycles. The maximum atomic E-state index is 5.87. The van der Waals surface area contributed by atoms with Gasteiger partial charge < -0.3 is 4.57 Å². The summed E-state index contributed by atoms with van der Waals surface area (Å²) in [5.74, 6) is 8.24. The van der Waals surface area contributed by atoms with E-state index in [0.29, 0.717) is 0 Å². The zero-order valence-electron chi connectivity index (χ0n) is 12.8. The van der Waals surface area contributed by atoms with Crippen molar-refractivity contribution < 1.29 is 0 Å². The minimum atomic E-state index is 0.214. The Morgan fingerprint density at radius 3 is 2.95 bits per heavy atom. The lowest BCUT2D eigenvalue weighted by molar-refractivity contribution is 0.396. The summed E-state index contributed by atoms with van der Waals surface area (Å²) in [5, 5.41) is 0. The van der Waals surface area contributed by atoms with Gasteiger partial charge in [0.1, 0.15) is 5.82 Å². The van der Waals surface area contributed by atoms with Gasteiger partial charge in [0.15, 0.2) is 0 Å². The summed E-state index contributed by atoms with van der Waals surface area (Å²) in [5.41, 5.74) is 5.35. The summed E-state index contributed by atoms with van der Waals surface area (Å²) < 4.78 is 2.52. The molecule has 0 saturated carbocycles. The molecule has 2 heterocycles. The molecular weight excluding hydrogens is 280 g/mol. The van der Waals surface area contributed by atoms with Crippen LogP contribution in [0, 0.1) is 0 Å². The van der Waals surface area contributed by atoms with Crippen molar-refractivity contribution in [1.82, 2.24) is 15.0 Å². The summed E-state index contributed by atoms with van der Waals surface area (Å²) in [4.78, 5) is 4.83. The second kappa shape index (κ2) is 5.99. The molecule has 21 heavy (non-hydrogen) atoms. The zero-order valence-corrected chi connectivity index (χ0v) is 13.6. The number of imidazole rings is 1. The van der Waals surface area contributed by atoms with Crippen LogP contribution in [0.4, 0.5) is 0 Å². The molecule has 0 radical (unpaired) electrons. The Hall–Kier alpha value is -1.04. The monoisotopic (exact) mass is 304 g/mol. The van der Waals surface area contributed by atoms with E-state index in [4.69, 9.17) is 10.8 Å². The van der Waals surface area contributed by atoms with Crippen molar-refractivity contribution in [2.45, 2.75) is 50.4 Å². The van der Waals surface area contributed by atoms with Crippen LogP contribution in [0.2, 0.25) is 0 Å². The van der Waals surface area contributed by atoms with E-state index in [-0.39, 0.29) is 10.8 Å². The molecule has 5 heteroatoms. The lowest BCUT2D eigenvalue weighted by atomic mass is 9.94. The van der Waals surface area contributed by atoms with Gasteiger partial charge in [0.25, 0.3) is 0 Å². The first-order valence-electron chi connectivity index (χ1n) is 7.72. The molecule has 2 atom stereocenters. The molecular formula is C16H24N4S. The number of thioether (sulfide) groups is 1.